The Bertz CT molecular complexity index is 1990. The Balaban J connectivity index is 1.01. The van der Waals surface area contributed by atoms with Gasteiger partial charge in [0.1, 0.15) is 18.6 Å². The fourth-order valence-electron chi connectivity index (χ4n) is 7.42. The van der Waals surface area contributed by atoms with Crippen LogP contribution < -0.4 is 15.5 Å². The third-order valence-corrected chi connectivity index (χ3v) is 13.8. The number of fused-ring (bicyclic) bond motifs is 2. The second-order valence-corrected chi connectivity index (χ2v) is 22.4. The molecule has 4 aliphatic rings. The smallest absolute Gasteiger partial charge is 0.255 e. The van der Waals surface area contributed by atoms with Crippen LogP contribution in [-0.4, -0.2) is 88.6 Å². The number of sulfone groups is 1. The van der Waals surface area contributed by atoms with Gasteiger partial charge in [0, 0.05) is 57.7 Å². The van der Waals surface area contributed by atoms with E-state index >= 15 is 0 Å². The standard InChI is InChI=1S/C36H42FN5O6SSi/c1-50(2,3)16-15-48-22-42-34(43)12-11-32(36(42)45)41-20-23-17-25(7-9-28(23)35(41)44)40-21-33-31(40)13-14-39(33)24-5-4-6-26(18-24)49(46,47)27-8-10-30(38)29(37)19-27/h4-10,17-19,31-33H,11-16,20-22,38H2,1-3H3. The number of piperidine rings is 1. The largest absolute Gasteiger partial charge is 0.396 e. The first-order valence-electron chi connectivity index (χ1n) is 17.0. The van der Waals surface area contributed by atoms with Gasteiger partial charge < -0.3 is 25.2 Å². The molecule has 4 aliphatic heterocycles. The predicted molar refractivity (Wildman–Crippen MR) is 190 cm³/mol. The molecule has 264 valence electrons. The molecule has 4 heterocycles. The van der Waals surface area contributed by atoms with Crippen molar-refractivity contribution in [3.05, 3.63) is 77.6 Å². The Kier molecular flexibility index (Phi) is 8.75. The second kappa shape index (κ2) is 12.8. The highest BCUT2D eigenvalue weighted by Crippen LogP contribution is 2.41. The number of carbonyl (C=O) groups is 3. The number of hydrogen-bond acceptors (Lipinski definition) is 9. The van der Waals surface area contributed by atoms with Crippen LogP contribution in [0, 0.1) is 5.82 Å². The lowest BCUT2D eigenvalue weighted by atomic mass is 9.95. The summed E-state index contributed by atoms with van der Waals surface area (Å²) in [6.07, 6.45) is 1.34. The van der Waals surface area contributed by atoms with Crippen molar-refractivity contribution in [3.63, 3.8) is 0 Å². The zero-order valence-electron chi connectivity index (χ0n) is 28.5. The number of nitrogen functional groups attached to an aromatic ring is 1. The summed E-state index contributed by atoms with van der Waals surface area (Å²) >= 11 is 0. The number of ether oxygens (including phenoxy) is 1. The van der Waals surface area contributed by atoms with E-state index in [1.54, 1.807) is 17.0 Å². The zero-order valence-corrected chi connectivity index (χ0v) is 30.3. The summed E-state index contributed by atoms with van der Waals surface area (Å²) in [5.41, 5.74) is 8.64. The molecule has 0 saturated carbocycles. The third-order valence-electron chi connectivity index (χ3n) is 10.4. The summed E-state index contributed by atoms with van der Waals surface area (Å²) in [5.74, 6) is -1.63. The summed E-state index contributed by atoms with van der Waals surface area (Å²) in [4.78, 5) is 46.8. The number of carbonyl (C=O) groups excluding carboxylic acids is 3. The van der Waals surface area contributed by atoms with Crippen LogP contribution in [-0.2, 0) is 30.7 Å². The molecule has 0 aromatic heterocycles. The van der Waals surface area contributed by atoms with Gasteiger partial charge in [-0.2, -0.15) is 0 Å². The normalized spacial score (nSPS) is 22.2. The molecule has 2 N–H and O–H groups in total. The number of imide groups is 1. The minimum Gasteiger partial charge on any atom is -0.396 e. The third kappa shape index (κ3) is 6.17. The van der Waals surface area contributed by atoms with Gasteiger partial charge in [-0.3, -0.25) is 19.3 Å². The Morgan fingerprint density at radius 3 is 2.42 bits per heavy atom. The lowest BCUT2D eigenvalue weighted by Gasteiger charge is -2.49. The van der Waals surface area contributed by atoms with E-state index < -0.39 is 29.8 Å². The van der Waals surface area contributed by atoms with Crippen molar-refractivity contribution in [1.29, 1.82) is 0 Å². The number of halogens is 1. The molecular formula is C36H42FN5O6SSi. The SMILES string of the molecule is C[Si](C)(C)CCOCN1C(=O)CCC(N2Cc3cc(N4CC5C4CCN5c4cccc(S(=O)(=O)c5ccc(N)c(F)c5)c4)ccc3C2=O)C1=O. The van der Waals surface area contributed by atoms with Crippen LogP contribution in [0.25, 0.3) is 0 Å². The van der Waals surface area contributed by atoms with Crippen LogP contribution in [0.15, 0.2) is 70.5 Å². The first-order valence-corrected chi connectivity index (χ1v) is 22.2. The van der Waals surface area contributed by atoms with Gasteiger partial charge in [0.05, 0.1) is 27.6 Å². The van der Waals surface area contributed by atoms with Crippen LogP contribution in [0.4, 0.5) is 21.5 Å². The van der Waals surface area contributed by atoms with E-state index in [1.165, 1.54) is 18.2 Å². The van der Waals surface area contributed by atoms with Gasteiger partial charge in [0.15, 0.2) is 0 Å². The molecule has 7 rings (SSSR count). The monoisotopic (exact) mass is 719 g/mol. The highest BCUT2D eigenvalue weighted by molar-refractivity contribution is 7.91. The Hall–Kier alpha value is -4.27. The number of benzene rings is 3. The molecule has 3 aromatic carbocycles. The Morgan fingerprint density at radius 1 is 0.900 bits per heavy atom. The Labute approximate surface area is 292 Å². The summed E-state index contributed by atoms with van der Waals surface area (Å²) in [6, 6.07) is 16.7. The van der Waals surface area contributed by atoms with Crippen LogP contribution in [0.1, 0.15) is 35.2 Å². The van der Waals surface area contributed by atoms with Gasteiger partial charge >= 0.3 is 0 Å². The molecule has 3 atom stereocenters. The van der Waals surface area contributed by atoms with Crippen molar-refractivity contribution in [2.45, 2.75) is 79.4 Å². The summed E-state index contributed by atoms with van der Waals surface area (Å²) < 4.78 is 46.5. The topological polar surface area (TPSA) is 134 Å². The highest BCUT2D eigenvalue weighted by atomic mass is 32.2. The average molecular weight is 720 g/mol. The predicted octanol–water partition coefficient (Wildman–Crippen LogP) is 4.49. The van der Waals surface area contributed by atoms with Crippen LogP contribution in [0.3, 0.4) is 0 Å². The van der Waals surface area contributed by atoms with Crippen molar-refractivity contribution in [2.24, 2.45) is 0 Å². The first-order chi connectivity index (χ1) is 23.7. The minimum atomic E-state index is -3.95. The Morgan fingerprint density at radius 2 is 1.66 bits per heavy atom. The quantitative estimate of drug-likeness (QED) is 0.139. The van der Waals surface area contributed by atoms with E-state index in [0.717, 1.165) is 53.5 Å². The van der Waals surface area contributed by atoms with E-state index in [2.05, 4.69) is 29.4 Å². The van der Waals surface area contributed by atoms with Gasteiger partial charge in [-0.05, 0) is 79.0 Å². The second-order valence-electron chi connectivity index (χ2n) is 14.8. The van der Waals surface area contributed by atoms with E-state index in [4.69, 9.17) is 10.5 Å². The maximum Gasteiger partial charge on any atom is 0.255 e. The molecule has 11 nitrogen and oxygen atoms in total. The number of amides is 3. The van der Waals surface area contributed by atoms with Gasteiger partial charge in [-0.15, -0.1) is 0 Å². The number of rotatable bonds is 10. The molecule has 14 heteroatoms. The molecule has 0 radical (unpaired) electrons. The molecule has 0 bridgehead atoms. The van der Waals surface area contributed by atoms with Crippen LogP contribution in [0.2, 0.25) is 25.7 Å². The molecule has 3 fully saturated rings. The summed E-state index contributed by atoms with van der Waals surface area (Å²) in [7, 11) is -5.27. The van der Waals surface area contributed by atoms with Crippen molar-refractivity contribution in [3.8, 4) is 0 Å². The number of likely N-dealkylation sites (tertiary alicyclic amines) is 1. The molecule has 3 unspecified atom stereocenters. The van der Waals surface area contributed by atoms with Gasteiger partial charge in [0.2, 0.25) is 15.7 Å². The highest BCUT2D eigenvalue weighted by Gasteiger charge is 2.48. The van der Waals surface area contributed by atoms with E-state index in [9.17, 15) is 27.2 Å². The van der Waals surface area contributed by atoms with E-state index in [-0.39, 0.29) is 58.4 Å². The average Bonchev–Trinajstić information content (AvgIpc) is 3.56. The summed E-state index contributed by atoms with van der Waals surface area (Å²) in [6.45, 7) is 8.87. The number of nitrogens with two attached hydrogens (primary N) is 1. The van der Waals surface area contributed by atoms with Crippen LogP contribution in [0.5, 0.6) is 0 Å². The molecule has 3 saturated heterocycles. The van der Waals surface area contributed by atoms with Crippen molar-refractivity contribution < 1.29 is 31.9 Å². The molecule has 0 spiro atoms. The minimum absolute atomic E-state index is 0.0881. The number of nitrogens with zero attached hydrogens (tertiary/aromatic N) is 4. The molecule has 3 aromatic rings. The van der Waals surface area contributed by atoms with Crippen LogP contribution >= 0.6 is 0 Å². The summed E-state index contributed by atoms with van der Waals surface area (Å²) in [5, 5.41) is 0. The number of anilines is 3. The lowest BCUT2D eigenvalue weighted by molar-refractivity contribution is -0.158. The van der Waals surface area contributed by atoms with Crippen molar-refractivity contribution >= 4 is 52.7 Å². The fraction of sp³-hybridized carbons (Fsp3) is 0.417. The zero-order chi connectivity index (χ0) is 35.5. The molecule has 0 aliphatic carbocycles. The van der Waals surface area contributed by atoms with Gasteiger partial charge in [-0.1, -0.05) is 25.7 Å². The van der Waals surface area contributed by atoms with E-state index in [0.29, 0.717) is 25.1 Å². The van der Waals surface area contributed by atoms with Crippen molar-refractivity contribution in [1.82, 2.24) is 9.80 Å². The molecular weight excluding hydrogens is 678 g/mol. The molecule has 3 amide bonds. The maximum absolute atomic E-state index is 14.1. The lowest BCUT2D eigenvalue weighted by Crippen LogP contribution is -2.62. The van der Waals surface area contributed by atoms with Gasteiger partial charge in [0.25, 0.3) is 11.8 Å². The maximum atomic E-state index is 14.1. The number of hydrogen-bond donors (Lipinski definition) is 1. The van der Waals surface area contributed by atoms with E-state index in [1.807, 2.05) is 24.3 Å². The van der Waals surface area contributed by atoms with Crippen molar-refractivity contribution in [2.75, 3.05) is 42.0 Å². The fourth-order valence-corrected chi connectivity index (χ4v) is 9.49. The first kappa shape index (κ1) is 34.2. The molecule has 50 heavy (non-hydrogen) atoms. The van der Waals surface area contributed by atoms with Gasteiger partial charge in [-0.25, -0.2) is 12.8 Å².